The number of hydrogen-bond donors (Lipinski definition) is 2. The van der Waals surface area contributed by atoms with Gasteiger partial charge in [-0.15, -0.1) is 0 Å². The fraction of sp³-hybridized carbons (Fsp3) is 0.500. The summed E-state index contributed by atoms with van der Waals surface area (Å²) < 4.78 is 5.68. The van der Waals surface area contributed by atoms with Crippen LogP contribution in [0, 0.1) is 0 Å². The molecule has 0 bridgehead atoms. The van der Waals surface area contributed by atoms with Gasteiger partial charge in [-0.1, -0.05) is 23.7 Å². The van der Waals surface area contributed by atoms with E-state index in [0.717, 1.165) is 0 Å². The number of benzene rings is 1. The Morgan fingerprint density at radius 3 is 2.83 bits per heavy atom. The van der Waals surface area contributed by atoms with Crippen molar-refractivity contribution < 1.29 is 19.4 Å². The summed E-state index contributed by atoms with van der Waals surface area (Å²) in [5, 5.41) is 12.9. The van der Waals surface area contributed by atoms with Gasteiger partial charge in [0.15, 0.2) is 0 Å². The molecule has 7 heteroatoms. The summed E-state index contributed by atoms with van der Waals surface area (Å²) in [6.45, 7) is 3.68. The molecule has 2 rings (SSSR count). The average Bonchev–Trinajstić information content (AvgIpc) is 2.89. The van der Waals surface area contributed by atoms with Crippen molar-refractivity contribution in [2.24, 2.45) is 0 Å². The Hall–Kier alpha value is -1.79. The molecule has 1 unspecified atom stereocenters. The molecule has 0 radical (unpaired) electrons. The number of ether oxygens (including phenoxy) is 1. The van der Waals surface area contributed by atoms with Gasteiger partial charge in [-0.2, -0.15) is 0 Å². The fourth-order valence-electron chi connectivity index (χ4n) is 2.57. The highest BCUT2D eigenvalue weighted by Crippen LogP contribution is 2.24. The van der Waals surface area contributed by atoms with Crippen molar-refractivity contribution >= 4 is 23.4 Å². The number of halogens is 1. The third-order valence-corrected chi connectivity index (χ3v) is 4.03. The molecule has 2 N–H and O–H groups in total. The van der Waals surface area contributed by atoms with Gasteiger partial charge in [0.05, 0.1) is 17.7 Å². The van der Waals surface area contributed by atoms with Crippen molar-refractivity contribution in [3.05, 3.63) is 29.3 Å². The molecule has 3 atom stereocenters. The second kappa shape index (κ2) is 7.66. The molecule has 0 aromatic heterocycles. The van der Waals surface area contributed by atoms with E-state index in [2.05, 4.69) is 5.32 Å². The van der Waals surface area contributed by atoms with Gasteiger partial charge in [-0.25, -0.2) is 0 Å². The van der Waals surface area contributed by atoms with Gasteiger partial charge in [0.1, 0.15) is 17.9 Å². The molecule has 1 fully saturated rings. The zero-order chi connectivity index (χ0) is 17.0. The van der Waals surface area contributed by atoms with E-state index in [9.17, 15) is 14.7 Å². The third kappa shape index (κ3) is 4.59. The Labute approximate surface area is 140 Å². The molecule has 0 aliphatic carbocycles. The summed E-state index contributed by atoms with van der Waals surface area (Å²) in [4.78, 5) is 25.1. The minimum absolute atomic E-state index is 0.194. The van der Waals surface area contributed by atoms with Crippen LogP contribution in [-0.2, 0) is 9.59 Å². The lowest BCUT2D eigenvalue weighted by Crippen LogP contribution is -2.47. The second-order valence-electron chi connectivity index (χ2n) is 5.68. The highest BCUT2D eigenvalue weighted by atomic mass is 35.5. The molecule has 0 spiro atoms. The maximum atomic E-state index is 12.2. The predicted octanol–water partition coefficient (Wildman–Crippen LogP) is 1.21. The van der Waals surface area contributed by atoms with E-state index in [1.807, 2.05) is 19.1 Å². The van der Waals surface area contributed by atoms with Crippen LogP contribution >= 0.6 is 11.6 Å². The summed E-state index contributed by atoms with van der Waals surface area (Å²) in [5.74, 6) is 0.0472. The van der Waals surface area contributed by atoms with Crippen LogP contribution in [0.15, 0.2) is 24.3 Å². The first-order valence-corrected chi connectivity index (χ1v) is 7.90. The van der Waals surface area contributed by atoms with Crippen LogP contribution in [0.4, 0.5) is 0 Å². The highest BCUT2D eigenvalue weighted by Gasteiger charge is 2.37. The van der Waals surface area contributed by atoms with Gasteiger partial charge in [-0.3, -0.25) is 9.59 Å². The van der Waals surface area contributed by atoms with Gasteiger partial charge >= 0.3 is 0 Å². The SMILES string of the molecule is CC(=O)N1C[C@@H](O)C[C@@H]1C(=O)NCC(C)Oc1ccccc1Cl. The normalized spacial score (nSPS) is 21.8. The molecule has 1 aromatic rings. The zero-order valence-corrected chi connectivity index (χ0v) is 13.9. The molecule has 126 valence electrons. The van der Waals surface area contributed by atoms with Crippen LogP contribution in [0.2, 0.25) is 5.02 Å². The molecule has 1 saturated heterocycles. The van der Waals surface area contributed by atoms with E-state index in [-0.39, 0.29) is 37.4 Å². The number of carbonyl (C=O) groups excluding carboxylic acids is 2. The lowest BCUT2D eigenvalue weighted by molar-refractivity contribution is -0.137. The van der Waals surface area contributed by atoms with Crippen LogP contribution in [0.5, 0.6) is 5.75 Å². The summed E-state index contributed by atoms with van der Waals surface area (Å²) in [6, 6.07) is 6.48. The number of likely N-dealkylation sites (tertiary alicyclic amines) is 1. The van der Waals surface area contributed by atoms with Crippen LogP contribution in [0.1, 0.15) is 20.3 Å². The monoisotopic (exact) mass is 340 g/mol. The van der Waals surface area contributed by atoms with E-state index >= 15 is 0 Å². The maximum absolute atomic E-state index is 12.2. The Morgan fingerprint density at radius 1 is 1.48 bits per heavy atom. The first-order chi connectivity index (χ1) is 10.9. The van der Waals surface area contributed by atoms with Crippen molar-refractivity contribution in [2.45, 2.75) is 38.5 Å². The minimum atomic E-state index is -0.661. The number of para-hydroxylation sites is 1. The van der Waals surface area contributed by atoms with Gasteiger partial charge in [0.2, 0.25) is 11.8 Å². The Kier molecular flexibility index (Phi) is 5.85. The van der Waals surface area contributed by atoms with Crippen molar-refractivity contribution in [2.75, 3.05) is 13.1 Å². The molecule has 6 nitrogen and oxygen atoms in total. The highest BCUT2D eigenvalue weighted by molar-refractivity contribution is 6.32. The number of amides is 2. The number of nitrogens with zero attached hydrogens (tertiary/aromatic N) is 1. The average molecular weight is 341 g/mol. The number of hydrogen-bond acceptors (Lipinski definition) is 4. The van der Waals surface area contributed by atoms with E-state index in [0.29, 0.717) is 10.8 Å². The Morgan fingerprint density at radius 2 is 2.17 bits per heavy atom. The number of nitrogens with one attached hydrogen (secondary N) is 1. The molecular formula is C16H21ClN2O4. The molecule has 1 aromatic carbocycles. The summed E-state index contributed by atoms with van der Waals surface area (Å²) in [5.41, 5.74) is 0. The largest absolute Gasteiger partial charge is 0.487 e. The Bertz CT molecular complexity index is 581. The van der Waals surface area contributed by atoms with Crippen molar-refractivity contribution in [3.63, 3.8) is 0 Å². The lowest BCUT2D eigenvalue weighted by atomic mass is 10.2. The van der Waals surface area contributed by atoms with E-state index in [1.165, 1.54) is 11.8 Å². The number of β-amino-alcohol motifs (C(OH)–C–C–N with tert-alkyl or cyclic N) is 1. The van der Waals surface area contributed by atoms with Gasteiger partial charge in [-0.05, 0) is 19.1 Å². The standard InChI is InChI=1S/C16H21ClN2O4/c1-10(23-15-6-4-3-5-13(15)17)8-18-16(22)14-7-12(21)9-19(14)11(2)20/h3-6,10,12,14,21H,7-9H2,1-2H3,(H,18,22)/t10?,12-,14+/m0/s1. The number of carbonyl (C=O) groups is 2. The molecular weight excluding hydrogens is 320 g/mol. The molecule has 2 amide bonds. The maximum Gasteiger partial charge on any atom is 0.243 e. The molecule has 1 aliphatic heterocycles. The van der Waals surface area contributed by atoms with E-state index < -0.39 is 12.1 Å². The molecule has 1 heterocycles. The third-order valence-electron chi connectivity index (χ3n) is 3.71. The lowest BCUT2D eigenvalue weighted by Gasteiger charge is -2.23. The number of aliphatic hydroxyl groups excluding tert-OH is 1. The minimum Gasteiger partial charge on any atom is -0.487 e. The smallest absolute Gasteiger partial charge is 0.243 e. The zero-order valence-electron chi connectivity index (χ0n) is 13.2. The molecule has 23 heavy (non-hydrogen) atoms. The van der Waals surface area contributed by atoms with Crippen molar-refractivity contribution in [1.82, 2.24) is 10.2 Å². The molecule has 1 aliphatic rings. The van der Waals surface area contributed by atoms with Crippen molar-refractivity contribution in [1.29, 1.82) is 0 Å². The van der Waals surface area contributed by atoms with Crippen LogP contribution < -0.4 is 10.1 Å². The van der Waals surface area contributed by atoms with E-state index in [4.69, 9.17) is 16.3 Å². The van der Waals surface area contributed by atoms with Crippen molar-refractivity contribution in [3.8, 4) is 5.75 Å². The first kappa shape index (κ1) is 17.6. The first-order valence-electron chi connectivity index (χ1n) is 7.52. The predicted molar refractivity (Wildman–Crippen MR) is 86.4 cm³/mol. The number of aliphatic hydroxyl groups is 1. The van der Waals surface area contributed by atoms with E-state index in [1.54, 1.807) is 12.1 Å². The van der Waals surface area contributed by atoms with Gasteiger partial charge < -0.3 is 20.1 Å². The van der Waals surface area contributed by atoms with Gasteiger partial charge in [0.25, 0.3) is 0 Å². The summed E-state index contributed by atoms with van der Waals surface area (Å²) in [6.07, 6.45) is -0.687. The van der Waals surface area contributed by atoms with Crippen LogP contribution in [-0.4, -0.2) is 53.2 Å². The Balaban J connectivity index is 1.86. The molecule has 0 saturated carbocycles. The summed E-state index contributed by atoms with van der Waals surface area (Å²) >= 11 is 6.02. The van der Waals surface area contributed by atoms with Crippen LogP contribution in [0.25, 0.3) is 0 Å². The summed E-state index contributed by atoms with van der Waals surface area (Å²) in [7, 11) is 0. The van der Waals surface area contributed by atoms with Crippen LogP contribution in [0.3, 0.4) is 0 Å². The fourth-order valence-corrected chi connectivity index (χ4v) is 2.75. The second-order valence-corrected chi connectivity index (χ2v) is 6.09. The number of rotatable bonds is 5. The topological polar surface area (TPSA) is 78.9 Å². The quantitative estimate of drug-likeness (QED) is 0.844. The van der Waals surface area contributed by atoms with Gasteiger partial charge in [0, 0.05) is 19.9 Å².